The second kappa shape index (κ2) is 13.4. The number of benzene rings is 2. The summed E-state index contributed by atoms with van der Waals surface area (Å²) in [5.74, 6) is -5.54. The summed E-state index contributed by atoms with van der Waals surface area (Å²) in [5.41, 5.74) is -0.181. The van der Waals surface area contributed by atoms with Gasteiger partial charge in [0.15, 0.2) is 0 Å². The molecule has 0 aromatic heterocycles. The van der Waals surface area contributed by atoms with Crippen LogP contribution < -0.4 is 21.3 Å². The zero-order valence-corrected chi connectivity index (χ0v) is 22.1. The number of hydrogen-bond acceptors (Lipinski definition) is 5. The molecule has 2 aromatic rings. The number of amides is 4. The van der Waals surface area contributed by atoms with Gasteiger partial charge in [-0.1, -0.05) is 26.8 Å². The molecule has 0 bridgehead atoms. The van der Waals surface area contributed by atoms with Gasteiger partial charge in [-0.05, 0) is 42.7 Å². The molecule has 210 valence electrons. The van der Waals surface area contributed by atoms with E-state index in [1.165, 1.54) is 37.3 Å². The summed E-state index contributed by atoms with van der Waals surface area (Å²) in [7, 11) is 0. The van der Waals surface area contributed by atoms with Gasteiger partial charge in [0.05, 0.1) is 12.0 Å². The lowest BCUT2D eigenvalue weighted by Gasteiger charge is -2.23. The van der Waals surface area contributed by atoms with Gasteiger partial charge in [-0.2, -0.15) is 0 Å². The molecule has 0 heterocycles. The third-order valence-corrected chi connectivity index (χ3v) is 5.44. The van der Waals surface area contributed by atoms with E-state index in [9.17, 15) is 32.8 Å². The average molecular weight is 547 g/mol. The normalized spacial score (nSPS) is 12.6. The predicted octanol–water partition coefficient (Wildman–Crippen LogP) is 2.13. The molecule has 10 nitrogen and oxygen atoms in total. The molecule has 2 aromatic carbocycles. The van der Waals surface area contributed by atoms with Crippen LogP contribution in [-0.4, -0.2) is 53.3 Å². The van der Waals surface area contributed by atoms with Gasteiger partial charge >= 0.3 is 5.97 Å². The number of carboxylic acid groups (broad SMARTS) is 1. The smallest absolute Gasteiger partial charge is 0.335 e. The summed E-state index contributed by atoms with van der Waals surface area (Å²) in [6.07, 6.45) is -0.435. The Balaban J connectivity index is 2.09. The van der Waals surface area contributed by atoms with E-state index >= 15 is 0 Å². The lowest BCUT2D eigenvalue weighted by Crippen LogP contribution is -2.54. The van der Waals surface area contributed by atoms with Crippen molar-refractivity contribution in [2.75, 3.05) is 6.54 Å². The number of halogens is 2. The van der Waals surface area contributed by atoms with Crippen LogP contribution in [0.3, 0.4) is 0 Å². The van der Waals surface area contributed by atoms with Crippen molar-refractivity contribution in [1.29, 1.82) is 0 Å². The molecule has 0 fully saturated rings. The summed E-state index contributed by atoms with van der Waals surface area (Å²) in [6, 6.07) is 5.37. The highest BCUT2D eigenvalue weighted by atomic mass is 19.1. The standard InChI is InChI=1S/C27H32F2N4O6/c1-15(23(35)30-13-18-9-10-19(28)11-20(18)29)32-25(37)21(12-22(34)31-14-27(2,3)4)33-24(36)16-5-7-17(8-6-16)26(38)39/h5-11,15,21H,12-14H2,1-4H3,(H,30,35)(H,31,34)(H,32,37)(H,33,36)(H,38,39)/t15-,21?/m0/s1. The fourth-order valence-corrected chi connectivity index (χ4v) is 3.22. The molecule has 0 aliphatic carbocycles. The van der Waals surface area contributed by atoms with E-state index in [4.69, 9.17) is 5.11 Å². The van der Waals surface area contributed by atoms with Crippen LogP contribution in [0.5, 0.6) is 0 Å². The second-order valence-corrected chi connectivity index (χ2v) is 10.1. The Labute approximate surface area is 224 Å². The highest BCUT2D eigenvalue weighted by Crippen LogP contribution is 2.11. The fraction of sp³-hybridized carbons (Fsp3) is 0.370. The molecule has 0 saturated carbocycles. The predicted molar refractivity (Wildman–Crippen MR) is 138 cm³/mol. The molecule has 4 amide bonds. The van der Waals surface area contributed by atoms with E-state index in [1.54, 1.807) is 0 Å². The number of carbonyl (C=O) groups is 5. The molecule has 1 unspecified atom stereocenters. The van der Waals surface area contributed by atoms with Gasteiger partial charge in [0.25, 0.3) is 5.91 Å². The Kier molecular flexibility index (Phi) is 10.6. The summed E-state index contributed by atoms with van der Waals surface area (Å²) in [6.45, 7) is 7.11. The Morgan fingerprint density at radius 3 is 2.05 bits per heavy atom. The maximum Gasteiger partial charge on any atom is 0.335 e. The summed E-state index contributed by atoms with van der Waals surface area (Å²) >= 11 is 0. The first-order valence-corrected chi connectivity index (χ1v) is 12.1. The fourth-order valence-electron chi connectivity index (χ4n) is 3.22. The first-order valence-electron chi connectivity index (χ1n) is 12.1. The first kappa shape index (κ1) is 30.9. The van der Waals surface area contributed by atoms with Crippen molar-refractivity contribution >= 4 is 29.6 Å². The van der Waals surface area contributed by atoms with Gasteiger partial charge in [-0.15, -0.1) is 0 Å². The Morgan fingerprint density at radius 1 is 0.872 bits per heavy atom. The van der Waals surface area contributed by atoms with Crippen molar-refractivity contribution < 1.29 is 37.9 Å². The molecule has 39 heavy (non-hydrogen) atoms. The van der Waals surface area contributed by atoms with E-state index < -0.39 is 59.7 Å². The first-order chi connectivity index (χ1) is 18.2. The minimum Gasteiger partial charge on any atom is -0.478 e. The Morgan fingerprint density at radius 2 is 1.49 bits per heavy atom. The quantitative estimate of drug-likeness (QED) is 0.291. The van der Waals surface area contributed by atoms with Gasteiger partial charge in [-0.3, -0.25) is 19.2 Å². The van der Waals surface area contributed by atoms with E-state index in [1.807, 2.05) is 20.8 Å². The van der Waals surface area contributed by atoms with E-state index in [0.717, 1.165) is 6.07 Å². The third kappa shape index (κ3) is 10.1. The zero-order chi connectivity index (χ0) is 29.3. The minimum atomic E-state index is -1.37. The van der Waals surface area contributed by atoms with Crippen LogP contribution in [0.15, 0.2) is 42.5 Å². The number of carbonyl (C=O) groups excluding carboxylic acids is 4. The van der Waals surface area contributed by atoms with Crippen LogP contribution in [0.4, 0.5) is 8.78 Å². The third-order valence-electron chi connectivity index (χ3n) is 5.44. The van der Waals surface area contributed by atoms with Gasteiger partial charge in [0, 0.05) is 30.3 Å². The monoisotopic (exact) mass is 546 g/mol. The van der Waals surface area contributed by atoms with Crippen molar-refractivity contribution in [3.8, 4) is 0 Å². The van der Waals surface area contributed by atoms with E-state index in [-0.39, 0.29) is 28.7 Å². The van der Waals surface area contributed by atoms with Crippen molar-refractivity contribution in [3.63, 3.8) is 0 Å². The van der Waals surface area contributed by atoms with Crippen LogP contribution in [-0.2, 0) is 20.9 Å². The van der Waals surface area contributed by atoms with Gasteiger partial charge < -0.3 is 26.4 Å². The maximum absolute atomic E-state index is 13.8. The van der Waals surface area contributed by atoms with Crippen molar-refractivity contribution in [2.24, 2.45) is 5.41 Å². The van der Waals surface area contributed by atoms with Crippen LogP contribution in [0, 0.1) is 17.0 Å². The highest BCUT2D eigenvalue weighted by Gasteiger charge is 2.28. The summed E-state index contributed by atoms with van der Waals surface area (Å²) < 4.78 is 26.9. The lowest BCUT2D eigenvalue weighted by atomic mass is 9.97. The van der Waals surface area contributed by atoms with Crippen molar-refractivity contribution in [2.45, 2.75) is 52.7 Å². The highest BCUT2D eigenvalue weighted by molar-refractivity contribution is 6.00. The van der Waals surface area contributed by atoms with Gasteiger partial charge in [0.1, 0.15) is 23.7 Å². The lowest BCUT2D eigenvalue weighted by molar-refractivity contribution is -0.131. The number of aromatic carboxylic acids is 1. The molecule has 0 radical (unpaired) electrons. The molecule has 0 aliphatic rings. The molecule has 2 atom stereocenters. The molecule has 0 saturated heterocycles. The Hall–Kier alpha value is -4.35. The number of carboxylic acids is 1. The zero-order valence-electron chi connectivity index (χ0n) is 22.1. The van der Waals surface area contributed by atoms with Gasteiger partial charge in [0.2, 0.25) is 17.7 Å². The van der Waals surface area contributed by atoms with E-state index in [0.29, 0.717) is 12.6 Å². The topological polar surface area (TPSA) is 154 Å². The number of nitrogens with one attached hydrogen (secondary N) is 4. The summed E-state index contributed by atoms with van der Waals surface area (Å²) in [4.78, 5) is 61.8. The molecule has 0 spiro atoms. The summed E-state index contributed by atoms with van der Waals surface area (Å²) in [5, 5.41) is 19.0. The van der Waals surface area contributed by atoms with Crippen LogP contribution in [0.25, 0.3) is 0 Å². The van der Waals surface area contributed by atoms with Crippen molar-refractivity contribution in [1.82, 2.24) is 21.3 Å². The van der Waals surface area contributed by atoms with Crippen LogP contribution >= 0.6 is 0 Å². The molecule has 0 aliphatic heterocycles. The van der Waals surface area contributed by atoms with E-state index in [2.05, 4.69) is 21.3 Å². The number of hydrogen-bond donors (Lipinski definition) is 5. The van der Waals surface area contributed by atoms with Crippen molar-refractivity contribution in [3.05, 3.63) is 70.8 Å². The molecule has 5 N–H and O–H groups in total. The molecule has 12 heteroatoms. The minimum absolute atomic E-state index is 0.0391. The maximum atomic E-state index is 13.8. The Bertz CT molecular complexity index is 1230. The SMILES string of the molecule is C[C@H](NC(=O)C(CC(=O)NCC(C)(C)C)NC(=O)c1ccc(C(=O)O)cc1)C(=O)NCc1ccc(F)cc1F. The number of rotatable bonds is 11. The van der Waals surface area contributed by atoms with Gasteiger partial charge in [-0.25, -0.2) is 13.6 Å². The second-order valence-electron chi connectivity index (χ2n) is 10.1. The largest absolute Gasteiger partial charge is 0.478 e. The molecular weight excluding hydrogens is 514 g/mol. The van der Waals surface area contributed by atoms with Crippen LogP contribution in [0.2, 0.25) is 0 Å². The molecule has 2 rings (SSSR count). The molecular formula is C27H32F2N4O6. The van der Waals surface area contributed by atoms with Crippen LogP contribution in [0.1, 0.15) is 60.4 Å². The average Bonchev–Trinajstić information content (AvgIpc) is 2.85.